The molecule has 3 aromatic rings. The van der Waals surface area contributed by atoms with Crippen molar-refractivity contribution >= 4 is 28.9 Å². The van der Waals surface area contributed by atoms with Crippen LogP contribution < -0.4 is 5.32 Å². The van der Waals surface area contributed by atoms with Gasteiger partial charge in [0.2, 0.25) is 0 Å². The van der Waals surface area contributed by atoms with Gasteiger partial charge < -0.3 is 10.1 Å². The number of carbonyl (C=O) groups is 2. The van der Waals surface area contributed by atoms with E-state index >= 15 is 0 Å². The maximum Gasteiger partial charge on any atom is 0.471 e. The zero-order valence-electron chi connectivity index (χ0n) is 14.2. The number of benzene rings is 2. The van der Waals surface area contributed by atoms with Crippen LogP contribution in [0.3, 0.4) is 0 Å². The van der Waals surface area contributed by atoms with E-state index in [-0.39, 0.29) is 23.4 Å². The third-order valence-corrected chi connectivity index (χ3v) is 4.46. The normalized spacial score (nSPS) is 11.1. The highest BCUT2D eigenvalue weighted by atomic mass is 32.1. The molecule has 144 valence electrons. The number of hydrogen-bond donors (Lipinski definition) is 1. The summed E-state index contributed by atoms with van der Waals surface area (Å²) in [6, 6.07) is 13.1. The molecule has 0 unspecified atom stereocenters. The number of esters is 1. The van der Waals surface area contributed by atoms with E-state index in [1.807, 2.05) is 0 Å². The number of halogens is 3. The van der Waals surface area contributed by atoms with Crippen LogP contribution in [0.4, 0.5) is 18.9 Å². The Kier molecular flexibility index (Phi) is 5.74. The number of nitrogens with zero attached hydrogens (tertiary/aromatic N) is 1. The SMILES string of the molecule is O=C(OCc1ccccc1)c1cccc(-c2nccs2)c1NC(=O)C(F)(F)F. The van der Waals surface area contributed by atoms with Crippen LogP contribution in [0.5, 0.6) is 0 Å². The van der Waals surface area contributed by atoms with Gasteiger partial charge in [0.1, 0.15) is 11.6 Å². The summed E-state index contributed by atoms with van der Waals surface area (Å²) >= 11 is 1.16. The number of nitrogens with one attached hydrogen (secondary N) is 1. The molecular weight excluding hydrogens is 393 g/mol. The maximum atomic E-state index is 12.8. The first kappa shape index (κ1) is 19.6. The van der Waals surface area contributed by atoms with Crippen LogP contribution in [0.1, 0.15) is 15.9 Å². The molecule has 0 saturated carbocycles. The number of amides is 1. The number of ether oxygens (including phenoxy) is 1. The first-order valence-corrected chi connectivity index (χ1v) is 8.86. The fourth-order valence-electron chi connectivity index (χ4n) is 2.38. The number of para-hydroxylation sites is 1. The first-order chi connectivity index (χ1) is 13.4. The Hall–Kier alpha value is -3.20. The second-order valence-electron chi connectivity index (χ2n) is 5.58. The first-order valence-electron chi connectivity index (χ1n) is 7.98. The largest absolute Gasteiger partial charge is 0.471 e. The van der Waals surface area contributed by atoms with Crippen LogP contribution >= 0.6 is 11.3 Å². The average molecular weight is 406 g/mol. The van der Waals surface area contributed by atoms with E-state index in [1.54, 1.807) is 41.0 Å². The predicted molar refractivity (Wildman–Crippen MR) is 97.8 cm³/mol. The highest BCUT2D eigenvalue weighted by molar-refractivity contribution is 7.13. The van der Waals surface area contributed by atoms with Crippen LogP contribution in [0.15, 0.2) is 60.1 Å². The van der Waals surface area contributed by atoms with Crippen molar-refractivity contribution in [3.63, 3.8) is 0 Å². The zero-order valence-corrected chi connectivity index (χ0v) is 15.0. The predicted octanol–water partition coefficient (Wildman–Crippen LogP) is 4.67. The van der Waals surface area contributed by atoms with Gasteiger partial charge in [0.15, 0.2) is 0 Å². The summed E-state index contributed by atoms with van der Waals surface area (Å²) < 4.78 is 43.5. The molecule has 0 fully saturated rings. The molecule has 0 spiro atoms. The highest BCUT2D eigenvalue weighted by Crippen LogP contribution is 2.34. The van der Waals surface area contributed by atoms with E-state index in [0.29, 0.717) is 10.6 Å². The molecule has 0 atom stereocenters. The van der Waals surface area contributed by atoms with Gasteiger partial charge in [-0.3, -0.25) is 4.79 Å². The summed E-state index contributed by atoms with van der Waals surface area (Å²) in [6.07, 6.45) is -3.64. The molecule has 0 bridgehead atoms. The molecule has 1 aromatic heterocycles. The molecule has 5 nitrogen and oxygen atoms in total. The lowest BCUT2D eigenvalue weighted by atomic mass is 10.1. The summed E-state index contributed by atoms with van der Waals surface area (Å²) in [4.78, 5) is 28.1. The Bertz CT molecular complexity index is 974. The number of aromatic nitrogens is 1. The Morgan fingerprint density at radius 3 is 2.46 bits per heavy atom. The molecular formula is C19H13F3N2O3S. The number of carbonyl (C=O) groups excluding carboxylic acids is 2. The Labute approximate surface area is 161 Å². The van der Waals surface area contributed by atoms with Crippen molar-refractivity contribution in [1.29, 1.82) is 0 Å². The maximum absolute atomic E-state index is 12.8. The molecule has 0 aliphatic heterocycles. The highest BCUT2D eigenvalue weighted by Gasteiger charge is 2.39. The molecule has 28 heavy (non-hydrogen) atoms. The Balaban J connectivity index is 1.94. The number of alkyl halides is 3. The molecule has 1 N–H and O–H groups in total. The van der Waals surface area contributed by atoms with Gasteiger partial charge in [-0.2, -0.15) is 13.2 Å². The fourth-order valence-corrected chi connectivity index (χ4v) is 3.05. The lowest BCUT2D eigenvalue weighted by Crippen LogP contribution is -2.31. The van der Waals surface area contributed by atoms with Crippen molar-refractivity contribution in [2.45, 2.75) is 12.8 Å². The van der Waals surface area contributed by atoms with Crippen molar-refractivity contribution in [3.05, 3.63) is 71.2 Å². The van der Waals surface area contributed by atoms with Gasteiger partial charge in [0.05, 0.1) is 11.3 Å². The topological polar surface area (TPSA) is 68.3 Å². The van der Waals surface area contributed by atoms with Gasteiger partial charge in [-0.05, 0) is 17.7 Å². The summed E-state index contributed by atoms with van der Waals surface area (Å²) in [7, 11) is 0. The number of thiazole rings is 1. The molecule has 9 heteroatoms. The van der Waals surface area contributed by atoms with Gasteiger partial charge in [-0.15, -0.1) is 11.3 Å². The summed E-state index contributed by atoms with van der Waals surface area (Å²) in [5.74, 6) is -3.05. The van der Waals surface area contributed by atoms with Crippen LogP contribution in [0.25, 0.3) is 10.6 Å². The lowest BCUT2D eigenvalue weighted by Gasteiger charge is -2.15. The minimum absolute atomic E-state index is 0.0617. The van der Waals surface area contributed by atoms with Gasteiger partial charge in [0, 0.05) is 17.1 Å². The minimum Gasteiger partial charge on any atom is -0.457 e. The van der Waals surface area contributed by atoms with Crippen molar-refractivity contribution in [1.82, 2.24) is 4.98 Å². The monoisotopic (exact) mass is 406 g/mol. The van der Waals surface area contributed by atoms with E-state index in [0.717, 1.165) is 11.3 Å². The van der Waals surface area contributed by atoms with Crippen molar-refractivity contribution in [2.24, 2.45) is 0 Å². The van der Waals surface area contributed by atoms with Crippen LogP contribution in [0.2, 0.25) is 0 Å². The standard InChI is InChI=1S/C19H13F3N2O3S/c20-19(21,22)18(26)24-15-13(16-23-9-10-28-16)7-4-8-14(15)17(25)27-11-12-5-2-1-3-6-12/h1-10H,11H2,(H,24,26). The Morgan fingerprint density at radius 2 is 1.82 bits per heavy atom. The molecule has 2 aromatic carbocycles. The molecule has 3 rings (SSSR count). The third-order valence-electron chi connectivity index (χ3n) is 3.66. The molecule has 0 radical (unpaired) electrons. The summed E-state index contributed by atoms with van der Waals surface area (Å²) in [5.41, 5.74) is 0.425. The van der Waals surface area contributed by atoms with Gasteiger partial charge in [-0.25, -0.2) is 9.78 Å². The van der Waals surface area contributed by atoms with E-state index in [9.17, 15) is 22.8 Å². The van der Waals surface area contributed by atoms with Crippen molar-refractivity contribution < 1.29 is 27.5 Å². The van der Waals surface area contributed by atoms with Crippen molar-refractivity contribution in [3.8, 4) is 10.6 Å². The lowest BCUT2D eigenvalue weighted by molar-refractivity contribution is -0.167. The number of hydrogen-bond acceptors (Lipinski definition) is 5. The molecule has 0 aliphatic rings. The van der Waals surface area contributed by atoms with E-state index in [1.165, 1.54) is 24.4 Å². The number of anilines is 1. The van der Waals surface area contributed by atoms with E-state index in [4.69, 9.17) is 4.74 Å². The minimum atomic E-state index is -5.11. The molecule has 0 aliphatic carbocycles. The van der Waals surface area contributed by atoms with Gasteiger partial charge >= 0.3 is 18.1 Å². The summed E-state index contributed by atoms with van der Waals surface area (Å²) in [5, 5.41) is 3.78. The average Bonchev–Trinajstić information content (AvgIpc) is 3.21. The molecule has 1 amide bonds. The van der Waals surface area contributed by atoms with Crippen molar-refractivity contribution in [2.75, 3.05) is 5.32 Å². The quantitative estimate of drug-likeness (QED) is 0.626. The van der Waals surface area contributed by atoms with E-state index < -0.39 is 18.1 Å². The van der Waals surface area contributed by atoms with Crippen LogP contribution in [-0.2, 0) is 16.1 Å². The summed E-state index contributed by atoms with van der Waals surface area (Å²) in [6.45, 7) is -0.0617. The molecule has 0 saturated heterocycles. The van der Waals surface area contributed by atoms with Gasteiger partial charge in [0.25, 0.3) is 0 Å². The second kappa shape index (κ2) is 8.22. The third kappa shape index (κ3) is 4.55. The van der Waals surface area contributed by atoms with Crippen LogP contribution in [0, 0.1) is 0 Å². The number of rotatable bonds is 5. The Morgan fingerprint density at radius 1 is 1.07 bits per heavy atom. The second-order valence-corrected chi connectivity index (χ2v) is 6.47. The van der Waals surface area contributed by atoms with Crippen LogP contribution in [-0.4, -0.2) is 23.0 Å². The fraction of sp³-hybridized carbons (Fsp3) is 0.105. The van der Waals surface area contributed by atoms with Gasteiger partial charge in [-0.1, -0.05) is 36.4 Å². The molecule has 1 heterocycles. The zero-order chi connectivity index (χ0) is 20.1. The van der Waals surface area contributed by atoms with E-state index in [2.05, 4.69) is 4.98 Å². The smallest absolute Gasteiger partial charge is 0.457 e.